The van der Waals surface area contributed by atoms with Crippen LogP contribution >= 0.6 is 0 Å². The van der Waals surface area contributed by atoms with Crippen molar-refractivity contribution in [2.75, 3.05) is 0 Å². The lowest BCUT2D eigenvalue weighted by Crippen LogP contribution is -2.51. The molecular formula is C28H44. The van der Waals surface area contributed by atoms with Crippen LogP contribution in [-0.4, -0.2) is 0 Å². The van der Waals surface area contributed by atoms with Crippen molar-refractivity contribution in [3.05, 3.63) is 35.4 Å². The molecule has 0 heterocycles. The van der Waals surface area contributed by atoms with Gasteiger partial charge in [-0.3, -0.25) is 0 Å². The van der Waals surface area contributed by atoms with Gasteiger partial charge in [0.05, 0.1) is 0 Å². The van der Waals surface area contributed by atoms with E-state index in [4.69, 9.17) is 0 Å². The number of fused-ring (bicyclic) bond motifs is 4. The second-order valence-electron chi connectivity index (χ2n) is 12.4. The highest BCUT2D eigenvalue weighted by atomic mass is 14.6. The number of benzene rings is 1. The predicted molar refractivity (Wildman–Crippen MR) is 121 cm³/mol. The average Bonchev–Trinajstić information content (AvgIpc) is 3.39. The largest absolute Gasteiger partial charge is 0.0622 e. The molecule has 0 aliphatic heterocycles. The highest BCUT2D eigenvalue weighted by Gasteiger charge is 2.53. The monoisotopic (exact) mass is 380 g/mol. The van der Waals surface area contributed by atoms with Crippen LogP contribution in [0.25, 0.3) is 0 Å². The maximum atomic E-state index is 2.65. The smallest absolute Gasteiger partial charge is 0.00201 e. The molecule has 2 bridgehead atoms. The fraction of sp³-hybridized carbons (Fsp3) is 0.786. The van der Waals surface area contributed by atoms with E-state index in [1.165, 1.54) is 68.9 Å². The Bertz CT molecular complexity index is 675. The molecule has 0 unspecified atom stereocenters. The highest BCUT2D eigenvalue weighted by molar-refractivity contribution is 5.44. The average molecular weight is 381 g/mol. The molecule has 4 aliphatic rings. The lowest BCUT2D eigenvalue weighted by molar-refractivity contribution is -0.0978. The molecule has 4 aliphatic carbocycles. The Morgan fingerprint density at radius 2 is 1.50 bits per heavy atom. The van der Waals surface area contributed by atoms with Crippen LogP contribution in [0.2, 0.25) is 0 Å². The molecule has 0 N–H and O–H groups in total. The Kier molecular flexibility index (Phi) is 5.25. The summed E-state index contributed by atoms with van der Waals surface area (Å²) in [6.07, 6.45) is 13.2. The minimum atomic E-state index is 0.556. The van der Waals surface area contributed by atoms with E-state index in [2.05, 4.69) is 65.8 Å². The highest BCUT2D eigenvalue weighted by Crippen LogP contribution is 2.62. The molecule has 0 heteroatoms. The molecule has 1 aromatic carbocycles. The van der Waals surface area contributed by atoms with Gasteiger partial charge in [0.15, 0.2) is 0 Å². The zero-order valence-corrected chi connectivity index (χ0v) is 19.5. The van der Waals surface area contributed by atoms with E-state index in [-0.39, 0.29) is 0 Å². The molecule has 0 saturated heterocycles. The predicted octanol–water partition coefficient (Wildman–Crippen LogP) is 8.28. The van der Waals surface area contributed by atoms with E-state index in [1.54, 1.807) is 0 Å². The van der Waals surface area contributed by atoms with Crippen molar-refractivity contribution >= 4 is 0 Å². The van der Waals surface area contributed by atoms with Gasteiger partial charge in [0.1, 0.15) is 0 Å². The molecular weight excluding hydrogens is 336 g/mol. The van der Waals surface area contributed by atoms with Gasteiger partial charge in [0, 0.05) is 0 Å². The number of rotatable bonds is 0. The van der Waals surface area contributed by atoms with Gasteiger partial charge in [0.25, 0.3) is 0 Å². The fourth-order valence-electron chi connectivity index (χ4n) is 7.91. The minimum absolute atomic E-state index is 0.556. The van der Waals surface area contributed by atoms with E-state index in [1.807, 2.05) is 0 Å². The van der Waals surface area contributed by atoms with E-state index >= 15 is 0 Å². The fourth-order valence-corrected chi connectivity index (χ4v) is 7.91. The standard InChI is InChI=1S/C21H38.C7H6/c1-15-8-7-11-21(6)13-10-18-19(2,3)12-9-16(14-17(15)21)20(18,4)5;1-2-4-7-5-6(7)3-1/h15-18H,7-14H2,1-6H3;1-4H,5H2/t15-,16+,17-,18+,21+;/m1./s1. The zero-order chi connectivity index (χ0) is 20.2. The van der Waals surface area contributed by atoms with Crippen LogP contribution in [0.4, 0.5) is 0 Å². The van der Waals surface area contributed by atoms with Crippen LogP contribution in [0.1, 0.15) is 104 Å². The summed E-state index contributed by atoms with van der Waals surface area (Å²) >= 11 is 0. The van der Waals surface area contributed by atoms with Gasteiger partial charge in [-0.25, -0.2) is 0 Å². The van der Waals surface area contributed by atoms with Crippen molar-refractivity contribution in [1.29, 1.82) is 0 Å². The molecule has 5 atom stereocenters. The topological polar surface area (TPSA) is 0 Å². The summed E-state index contributed by atoms with van der Waals surface area (Å²) in [5.74, 6) is 3.86. The van der Waals surface area contributed by atoms with Crippen molar-refractivity contribution in [2.24, 2.45) is 39.9 Å². The SMILES string of the molecule is C[C@@H]1CCC[C@@]2(C)CC[C@H]3C(C)(C)CC[C@@H](C[C@H]12)C3(C)C.c1ccc2c(c1)C2. The van der Waals surface area contributed by atoms with Gasteiger partial charge in [-0.15, -0.1) is 0 Å². The van der Waals surface area contributed by atoms with Gasteiger partial charge in [-0.1, -0.05) is 78.6 Å². The Morgan fingerprint density at radius 1 is 0.821 bits per heavy atom. The van der Waals surface area contributed by atoms with Gasteiger partial charge in [0.2, 0.25) is 0 Å². The molecule has 0 spiro atoms. The second kappa shape index (κ2) is 7.17. The Morgan fingerprint density at radius 3 is 2.14 bits per heavy atom. The van der Waals surface area contributed by atoms with Crippen LogP contribution in [0.3, 0.4) is 0 Å². The Balaban J connectivity index is 0.000000227. The van der Waals surface area contributed by atoms with Crippen LogP contribution in [0.15, 0.2) is 24.3 Å². The number of hydrogen-bond acceptors (Lipinski definition) is 0. The Hall–Kier alpha value is -0.780. The molecule has 28 heavy (non-hydrogen) atoms. The minimum Gasteiger partial charge on any atom is -0.0622 e. The first-order valence-corrected chi connectivity index (χ1v) is 12.2. The molecule has 0 aromatic heterocycles. The van der Waals surface area contributed by atoms with Crippen molar-refractivity contribution in [3.63, 3.8) is 0 Å². The number of hydrogen-bond donors (Lipinski definition) is 0. The van der Waals surface area contributed by atoms with Gasteiger partial charge < -0.3 is 0 Å². The zero-order valence-electron chi connectivity index (χ0n) is 19.5. The molecule has 0 radical (unpaired) electrons. The van der Waals surface area contributed by atoms with E-state index in [9.17, 15) is 0 Å². The first kappa shape index (κ1) is 20.5. The first-order chi connectivity index (χ1) is 13.1. The molecule has 3 fully saturated rings. The van der Waals surface area contributed by atoms with Crippen molar-refractivity contribution in [3.8, 4) is 0 Å². The summed E-state index contributed by atoms with van der Waals surface area (Å²) in [4.78, 5) is 0. The summed E-state index contributed by atoms with van der Waals surface area (Å²) < 4.78 is 0. The third-order valence-electron chi connectivity index (χ3n) is 9.94. The van der Waals surface area contributed by atoms with E-state index in [0.717, 1.165) is 23.7 Å². The summed E-state index contributed by atoms with van der Waals surface area (Å²) in [6, 6.07) is 8.53. The molecule has 0 amide bonds. The van der Waals surface area contributed by atoms with Gasteiger partial charge >= 0.3 is 0 Å². The van der Waals surface area contributed by atoms with Crippen LogP contribution < -0.4 is 0 Å². The maximum Gasteiger partial charge on any atom is -0.00201 e. The normalized spacial score (nSPS) is 39.9. The Labute approximate surface area is 174 Å². The lowest BCUT2D eigenvalue weighted by Gasteiger charge is -2.59. The molecule has 0 nitrogen and oxygen atoms in total. The molecule has 3 saturated carbocycles. The van der Waals surface area contributed by atoms with Crippen molar-refractivity contribution < 1.29 is 0 Å². The summed E-state index contributed by atoms with van der Waals surface area (Å²) in [5.41, 5.74) is 4.83. The third-order valence-corrected chi connectivity index (χ3v) is 9.94. The summed E-state index contributed by atoms with van der Waals surface area (Å²) in [6.45, 7) is 15.5. The van der Waals surface area contributed by atoms with E-state index in [0.29, 0.717) is 16.2 Å². The second-order valence-corrected chi connectivity index (χ2v) is 12.4. The molecule has 1 aromatic rings. The summed E-state index contributed by atoms with van der Waals surface area (Å²) in [7, 11) is 0. The van der Waals surface area contributed by atoms with Crippen LogP contribution in [-0.2, 0) is 6.42 Å². The maximum absolute atomic E-state index is 2.65. The molecule has 5 rings (SSSR count). The van der Waals surface area contributed by atoms with Crippen molar-refractivity contribution in [1.82, 2.24) is 0 Å². The third kappa shape index (κ3) is 3.70. The quantitative estimate of drug-likeness (QED) is 0.431. The molecule has 156 valence electrons. The van der Waals surface area contributed by atoms with Crippen LogP contribution in [0.5, 0.6) is 0 Å². The van der Waals surface area contributed by atoms with E-state index < -0.39 is 0 Å². The first-order valence-electron chi connectivity index (χ1n) is 12.2. The van der Waals surface area contributed by atoms with Gasteiger partial charge in [-0.2, -0.15) is 0 Å². The van der Waals surface area contributed by atoms with Gasteiger partial charge in [-0.05, 0) is 96.0 Å². The van der Waals surface area contributed by atoms with Crippen molar-refractivity contribution in [2.45, 2.75) is 99.3 Å². The summed E-state index contributed by atoms with van der Waals surface area (Å²) in [5, 5.41) is 0. The lowest BCUT2D eigenvalue weighted by atomic mass is 9.46. The van der Waals surface area contributed by atoms with Crippen LogP contribution in [0, 0.1) is 39.9 Å².